The number of aryl methyl sites for hydroxylation is 1. The number of carbonyl (C=O) groups excluding carboxylic acids is 1. The third kappa shape index (κ3) is 7.26. The van der Waals surface area contributed by atoms with Crippen LogP contribution in [0, 0.1) is 12.7 Å². The molecule has 1 fully saturated rings. The molecule has 47 heavy (non-hydrogen) atoms. The summed E-state index contributed by atoms with van der Waals surface area (Å²) in [7, 11) is 0. The van der Waals surface area contributed by atoms with Gasteiger partial charge >= 0.3 is 11.8 Å². The Labute approximate surface area is 273 Å². The average Bonchev–Trinajstić information content (AvgIpc) is 3.03. The Bertz CT molecular complexity index is 2000. The molecule has 1 N–H and O–H groups in total. The van der Waals surface area contributed by atoms with Gasteiger partial charge in [0.05, 0.1) is 23.2 Å². The molecule has 10 heteroatoms. The van der Waals surface area contributed by atoms with E-state index in [4.69, 9.17) is 16.0 Å². The van der Waals surface area contributed by atoms with E-state index < -0.39 is 41.2 Å². The van der Waals surface area contributed by atoms with Crippen LogP contribution in [-0.2, 0) is 23.9 Å². The van der Waals surface area contributed by atoms with Crippen LogP contribution in [0.1, 0.15) is 46.6 Å². The number of rotatable bonds is 7. The van der Waals surface area contributed by atoms with Gasteiger partial charge in [0.1, 0.15) is 11.4 Å². The number of carbonyl (C=O) groups is 1. The Morgan fingerprint density at radius 3 is 2.43 bits per heavy atom. The lowest BCUT2D eigenvalue weighted by atomic mass is 9.88. The first kappa shape index (κ1) is 32.5. The number of likely N-dealkylation sites (tertiary alicyclic amines) is 1. The highest BCUT2D eigenvalue weighted by Gasteiger charge is 2.34. The maximum absolute atomic E-state index is 13.6. The van der Waals surface area contributed by atoms with Crippen molar-refractivity contribution in [2.45, 2.75) is 44.8 Å². The van der Waals surface area contributed by atoms with E-state index in [9.17, 15) is 27.2 Å². The summed E-state index contributed by atoms with van der Waals surface area (Å²) in [5.41, 5.74) is 1.90. The lowest BCUT2D eigenvalue weighted by molar-refractivity contribution is -0.137. The van der Waals surface area contributed by atoms with Crippen molar-refractivity contribution in [1.82, 2.24) is 4.90 Å². The molecule has 0 radical (unpaired) electrons. The van der Waals surface area contributed by atoms with E-state index in [1.54, 1.807) is 36.4 Å². The number of piperidine rings is 1. The lowest BCUT2D eigenvalue weighted by Crippen LogP contribution is -2.32. The first-order chi connectivity index (χ1) is 22.5. The largest absolute Gasteiger partial charge is 0.422 e. The van der Waals surface area contributed by atoms with Crippen molar-refractivity contribution >= 4 is 34.2 Å². The number of anilines is 1. The second-order valence-electron chi connectivity index (χ2n) is 11.9. The van der Waals surface area contributed by atoms with Crippen molar-refractivity contribution < 1.29 is 26.8 Å². The van der Waals surface area contributed by atoms with Crippen molar-refractivity contribution in [3.05, 3.63) is 134 Å². The van der Waals surface area contributed by atoms with Gasteiger partial charge in [0.15, 0.2) is 0 Å². The molecular formula is C37H31ClF4N2O3. The van der Waals surface area contributed by atoms with Gasteiger partial charge in [-0.25, -0.2) is 9.18 Å². The number of nitrogens with one attached hydrogen (secondary N) is 1. The zero-order valence-electron chi connectivity index (χ0n) is 25.5. The number of hydrogen-bond acceptors (Lipinski definition) is 4. The number of halogens is 5. The summed E-state index contributed by atoms with van der Waals surface area (Å²) in [6.45, 7) is 4.40. The summed E-state index contributed by atoms with van der Waals surface area (Å²) >= 11 is 6.72. The molecule has 0 spiro atoms. The molecule has 5 aromatic rings. The highest BCUT2D eigenvalue weighted by molar-refractivity contribution is 6.32. The second kappa shape index (κ2) is 13.3. The Balaban J connectivity index is 1.32. The minimum atomic E-state index is -4.91. The molecule has 1 aromatic heterocycles. The van der Waals surface area contributed by atoms with Crippen LogP contribution in [0.5, 0.6) is 0 Å². The number of fused-ring (bicyclic) bond motifs is 1. The van der Waals surface area contributed by atoms with E-state index in [0.29, 0.717) is 40.1 Å². The summed E-state index contributed by atoms with van der Waals surface area (Å²) in [6.07, 6.45) is -3.49. The van der Waals surface area contributed by atoms with E-state index in [2.05, 4.69) is 41.4 Å². The fraction of sp³-hybridized carbons (Fsp3) is 0.243. The monoisotopic (exact) mass is 662 g/mol. The van der Waals surface area contributed by atoms with Crippen LogP contribution in [0.25, 0.3) is 22.1 Å². The first-order valence-corrected chi connectivity index (χ1v) is 15.6. The summed E-state index contributed by atoms with van der Waals surface area (Å²) in [6, 6.07) is 23.0. The molecule has 1 aliphatic rings. The van der Waals surface area contributed by atoms with Gasteiger partial charge in [-0.3, -0.25) is 9.69 Å². The van der Waals surface area contributed by atoms with Gasteiger partial charge in [0.25, 0.3) is 0 Å². The van der Waals surface area contributed by atoms with E-state index in [0.717, 1.165) is 43.6 Å². The highest BCUT2D eigenvalue weighted by atomic mass is 35.5. The second-order valence-corrected chi connectivity index (χ2v) is 12.3. The summed E-state index contributed by atoms with van der Waals surface area (Å²) in [4.78, 5) is 28.8. The number of nitrogens with zero attached hydrogens (tertiary/aromatic N) is 1. The predicted octanol–water partition coefficient (Wildman–Crippen LogP) is 9.14. The molecule has 6 rings (SSSR count). The van der Waals surface area contributed by atoms with Crippen molar-refractivity contribution in [1.29, 1.82) is 0 Å². The average molecular weight is 663 g/mol. The molecule has 4 aromatic carbocycles. The Morgan fingerprint density at radius 2 is 1.72 bits per heavy atom. The number of amides is 1. The molecule has 0 unspecified atom stereocenters. The number of benzene rings is 4. The molecule has 0 atom stereocenters. The predicted molar refractivity (Wildman–Crippen MR) is 175 cm³/mol. The fourth-order valence-electron chi connectivity index (χ4n) is 6.33. The zero-order valence-corrected chi connectivity index (χ0v) is 26.2. The SMILES string of the molecule is Cc1cccc(C2CCN(Cc3cc4c(-c5ccccc5)c(CC(=O)Nc5ccc(F)cc5C(F)(F)F)c(=O)oc4cc3Cl)CC2)c1. The normalized spacial score (nSPS) is 14.4. The topological polar surface area (TPSA) is 62.6 Å². The van der Waals surface area contributed by atoms with Crippen LogP contribution >= 0.6 is 11.6 Å². The van der Waals surface area contributed by atoms with Crippen LogP contribution in [0.3, 0.4) is 0 Å². The third-order valence-electron chi connectivity index (χ3n) is 8.62. The van der Waals surface area contributed by atoms with Crippen LogP contribution in [0.2, 0.25) is 5.02 Å². The van der Waals surface area contributed by atoms with Gasteiger partial charge in [0, 0.05) is 28.6 Å². The summed E-state index contributed by atoms with van der Waals surface area (Å²) in [5, 5.41) is 3.18. The van der Waals surface area contributed by atoms with Gasteiger partial charge in [-0.1, -0.05) is 71.8 Å². The van der Waals surface area contributed by atoms with E-state index >= 15 is 0 Å². The van der Waals surface area contributed by atoms with Crippen LogP contribution in [0.4, 0.5) is 23.2 Å². The fourth-order valence-corrected chi connectivity index (χ4v) is 6.54. The van der Waals surface area contributed by atoms with Gasteiger partial charge in [0.2, 0.25) is 5.91 Å². The van der Waals surface area contributed by atoms with E-state index in [1.165, 1.54) is 11.1 Å². The molecular weight excluding hydrogens is 632 g/mol. The van der Waals surface area contributed by atoms with Crippen LogP contribution in [0.15, 0.2) is 94.1 Å². The molecule has 242 valence electrons. The first-order valence-electron chi connectivity index (χ1n) is 15.3. The van der Waals surface area contributed by atoms with E-state index in [1.807, 2.05) is 6.07 Å². The zero-order chi connectivity index (χ0) is 33.3. The number of hydrogen-bond donors (Lipinski definition) is 1. The quantitative estimate of drug-likeness (QED) is 0.139. The molecule has 0 aliphatic carbocycles. The minimum absolute atomic E-state index is 0.0240. The Hall–Kier alpha value is -4.47. The van der Waals surface area contributed by atoms with Crippen molar-refractivity contribution in [2.75, 3.05) is 18.4 Å². The number of alkyl halides is 3. The van der Waals surface area contributed by atoms with Crippen molar-refractivity contribution in [3.8, 4) is 11.1 Å². The molecule has 2 heterocycles. The van der Waals surface area contributed by atoms with Crippen molar-refractivity contribution in [3.63, 3.8) is 0 Å². The minimum Gasteiger partial charge on any atom is -0.422 e. The van der Waals surface area contributed by atoms with E-state index in [-0.39, 0.29) is 11.1 Å². The van der Waals surface area contributed by atoms with Gasteiger partial charge in [-0.05, 0) is 79.7 Å². The maximum Gasteiger partial charge on any atom is 0.418 e. The Kier molecular flexibility index (Phi) is 9.21. The van der Waals surface area contributed by atoms with Gasteiger partial charge in [-0.15, -0.1) is 0 Å². The Morgan fingerprint density at radius 1 is 0.979 bits per heavy atom. The van der Waals surface area contributed by atoms with Gasteiger partial charge < -0.3 is 9.73 Å². The molecule has 0 bridgehead atoms. The van der Waals surface area contributed by atoms with Crippen LogP contribution in [-0.4, -0.2) is 23.9 Å². The molecule has 0 saturated carbocycles. The standard InChI is InChI=1S/C37H31ClF4N2O3/c1-22-6-5-9-25(16-22)23-12-14-44(15-13-23)21-26-17-28-33(20-31(26)38)47-36(46)29(35(28)24-7-3-2-4-8-24)19-34(45)43-32-11-10-27(39)18-30(32)37(40,41)42/h2-11,16-18,20,23H,12-15,19,21H2,1H3,(H,43,45). The molecule has 5 nitrogen and oxygen atoms in total. The highest BCUT2D eigenvalue weighted by Crippen LogP contribution is 2.37. The van der Waals surface area contributed by atoms with Crippen LogP contribution < -0.4 is 10.9 Å². The molecule has 1 saturated heterocycles. The third-order valence-corrected chi connectivity index (χ3v) is 8.98. The smallest absolute Gasteiger partial charge is 0.418 e. The molecule has 1 aliphatic heterocycles. The lowest BCUT2D eigenvalue weighted by Gasteiger charge is -2.32. The summed E-state index contributed by atoms with van der Waals surface area (Å²) < 4.78 is 60.0. The summed E-state index contributed by atoms with van der Waals surface area (Å²) in [5.74, 6) is -1.51. The maximum atomic E-state index is 13.6. The van der Waals surface area contributed by atoms with Gasteiger partial charge in [-0.2, -0.15) is 13.2 Å². The molecule has 1 amide bonds. The van der Waals surface area contributed by atoms with Crippen molar-refractivity contribution in [2.24, 2.45) is 0 Å².